The van der Waals surface area contributed by atoms with Crippen LogP contribution >= 0.6 is 0 Å². The summed E-state index contributed by atoms with van der Waals surface area (Å²) in [5.74, 6) is -1.14. The molecule has 0 spiro atoms. The summed E-state index contributed by atoms with van der Waals surface area (Å²) in [6.45, 7) is 0. The van der Waals surface area contributed by atoms with Crippen LogP contribution in [0.1, 0.15) is 11.1 Å². The van der Waals surface area contributed by atoms with Crippen molar-refractivity contribution in [2.45, 2.75) is 12.4 Å². The number of nitrogen functional groups attached to an aromatic ring is 1. The fourth-order valence-corrected chi connectivity index (χ4v) is 1.11. The van der Waals surface area contributed by atoms with Gasteiger partial charge in [-0.1, -0.05) is 0 Å². The van der Waals surface area contributed by atoms with Gasteiger partial charge in [-0.15, -0.1) is 0 Å². The predicted molar refractivity (Wildman–Crippen MR) is 42.5 cm³/mol. The van der Waals surface area contributed by atoms with E-state index in [1.807, 2.05) is 0 Å². The average Bonchev–Trinajstić information content (AvgIpc) is 2.04. The van der Waals surface area contributed by atoms with Gasteiger partial charge in [-0.25, -0.2) is 0 Å². The van der Waals surface area contributed by atoms with Gasteiger partial charge >= 0.3 is 12.4 Å². The zero-order valence-electron chi connectivity index (χ0n) is 7.45. The first kappa shape index (κ1) is 12.5. The monoisotopic (exact) mass is 245 g/mol. The number of rotatable bonds is 0. The molecule has 2 nitrogen and oxygen atoms in total. The lowest BCUT2D eigenvalue weighted by molar-refractivity contribution is -0.141. The summed E-state index contributed by atoms with van der Waals surface area (Å²) < 4.78 is 73.4. The molecule has 1 aromatic rings. The second-order valence-corrected chi connectivity index (χ2v) is 2.95. The summed E-state index contributed by atoms with van der Waals surface area (Å²) in [7, 11) is 0. The number of hydrogen-bond donors (Lipinski definition) is 2. The highest BCUT2D eigenvalue weighted by molar-refractivity contribution is 5.59. The van der Waals surface area contributed by atoms with Crippen molar-refractivity contribution >= 4 is 5.69 Å². The Hall–Kier alpha value is -1.60. The molecule has 1 rings (SSSR count). The summed E-state index contributed by atoms with van der Waals surface area (Å²) in [4.78, 5) is 0. The highest BCUT2D eigenvalue weighted by Gasteiger charge is 2.40. The Labute approximate surface area is 85.3 Å². The van der Waals surface area contributed by atoms with Gasteiger partial charge in [-0.05, 0) is 12.1 Å². The maximum absolute atomic E-state index is 12.2. The predicted octanol–water partition coefficient (Wildman–Crippen LogP) is 3.01. The van der Waals surface area contributed by atoms with Crippen LogP contribution in [-0.4, -0.2) is 5.11 Å². The van der Waals surface area contributed by atoms with Gasteiger partial charge in [0.05, 0.1) is 16.8 Å². The van der Waals surface area contributed by atoms with E-state index in [0.717, 1.165) is 0 Å². The second-order valence-electron chi connectivity index (χ2n) is 2.95. The molecule has 0 radical (unpaired) electrons. The highest BCUT2D eigenvalue weighted by atomic mass is 19.4. The molecule has 8 heteroatoms. The Morgan fingerprint density at radius 1 is 0.875 bits per heavy atom. The standard InChI is InChI=1S/C8H5F6NO/c9-7(10,11)4-1-3(16)2-5(6(4)15)8(12,13)14/h1-2,16H,15H2. The van der Waals surface area contributed by atoms with Crippen molar-refractivity contribution in [2.24, 2.45) is 0 Å². The molecule has 0 heterocycles. The lowest BCUT2D eigenvalue weighted by Crippen LogP contribution is -2.15. The summed E-state index contributed by atoms with van der Waals surface area (Å²) in [6.07, 6.45) is -10.1. The molecule has 1 aromatic carbocycles. The Morgan fingerprint density at radius 3 is 1.44 bits per heavy atom. The third-order valence-electron chi connectivity index (χ3n) is 1.78. The SMILES string of the molecule is Nc1c(C(F)(F)F)cc(O)cc1C(F)(F)F. The van der Waals surface area contributed by atoms with Gasteiger partial charge in [-0.2, -0.15) is 26.3 Å². The van der Waals surface area contributed by atoms with Gasteiger partial charge in [0, 0.05) is 0 Å². The van der Waals surface area contributed by atoms with Crippen LogP contribution in [0, 0.1) is 0 Å². The first-order chi connectivity index (χ1) is 7.03. The maximum Gasteiger partial charge on any atom is 0.418 e. The van der Waals surface area contributed by atoms with Crippen LogP contribution < -0.4 is 5.73 Å². The zero-order chi connectivity index (χ0) is 12.7. The Kier molecular flexibility index (Phi) is 2.70. The van der Waals surface area contributed by atoms with E-state index < -0.39 is 34.9 Å². The largest absolute Gasteiger partial charge is 0.508 e. The fourth-order valence-electron chi connectivity index (χ4n) is 1.11. The molecule has 0 unspecified atom stereocenters. The molecule has 90 valence electrons. The van der Waals surface area contributed by atoms with Crippen molar-refractivity contribution in [1.82, 2.24) is 0 Å². The summed E-state index contributed by atoms with van der Waals surface area (Å²) in [6, 6.07) is 0.287. The van der Waals surface area contributed by atoms with Gasteiger partial charge in [0.2, 0.25) is 0 Å². The van der Waals surface area contributed by atoms with Crippen LogP contribution in [0.25, 0.3) is 0 Å². The first-order valence-electron chi connectivity index (χ1n) is 3.80. The van der Waals surface area contributed by atoms with E-state index in [2.05, 4.69) is 0 Å². The quantitative estimate of drug-likeness (QED) is 0.419. The Balaban J connectivity index is 3.51. The van der Waals surface area contributed by atoms with Crippen molar-refractivity contribution in [1.29, 1.82) is 0 Å². The summed E-state index contributed by atoms with van der Waals surface area (Å²) in [5, 5.41) is 8.79. The average molecular weight is 245 g/mol. The first-order valence-corrected chi connectivity index (χ1v) is 3.80. The number of nitrogens with two attached hydrogens (primary N) is 1. The third kappa shape index (κ3) is 2.31. The van der Waals surface area contributed by atoms with Crippen LogP contribution in [-0.2, 0) is 12.4 Å². The number of halogens is 6. The normalized spacial score (nSPS) is 12.9. The molecule has 0 saturated carbocycles. The molecule has 0 aromatic heterocycles. The molecular formula is C8H5F6NO. The van der Waals surface area contributed by atoms with E-state index in [4.69, 9.17) is 10.8 Å². The number of anilines is 1. The summed E-state index contributed by atoms with van der Waals surface area (Å²) in [5.41, 5.74) is -0.0901. The Bertz CT molecular complexity index is 373. The maximum atomic E-state index is 12.2. The van der Waals surface area contributed by atoms with Gasteiger partial charge in [0.15, 0.2) is 0 Å². The van der Waals surface area contributed by atoms with Crippen molar-refractivity contribution in [3.05, 3.63) is 23.3 Å². The number of alkyl halides is 6. The minimum Gasteiger partial charge on any atom is -0.508 e. The van der Waals surface area contributed by atoms with E-state index in [1.54, 1.807) is 0 Å². The fraction of sp³-hybridized carbons (Fsp3) is 0.250. The smallest absolute Gasteiger partial charge is 0.418 e. The molecule has 0 atom stereocenters. The van der Waals surface area contributed by atoms with Crippen molar-refractivity contribution in [3.8, 4) is 5.75 Å². The minimum absolute atomic E-state index is 0.143. The number of phenols is 1. The Morgan fingerprint density at radius 2 is 1.19 bits per heavy atom. The summed E-state index contributed by atoms with van der Waals surface area (Å²) >= 11 is 0. The molecule has 0 aliphatic heterocycles. The lowest BCUT2D eigenvalue weighted by Gasteiger charge is -2.16. The van der Waals surface area contributed by atoms with Gasteiger partial charge < -0.3 is 10.8 Å². The van der Waals surface area contributed by atoms with Crippen LogP contribution in [0.5, 0.6) is 5.75 Å². The van der Waals surface area contributed by atoms with E-state index in [9.17, 15) is 26.3 Å². The van der Waals surface area contributed by atoms with E-state index >= 15 is 0 Å². The number of hydrogen-bond acceptors (Lipinski definition) is 2. The van der Waals surface area contributed by atoms with Gasteiger partial charge in [0.1, 0.15) is 5.75 Å². The van der Waals surface area contributed by atoms with Crippen molar-refractivity contribution in [3.63, 3.8) is 0 Å². The molecule has 0 fully saturated rings. The van der Waals surface area contributed by atoms with Gasteiger partial charge in [-0.3, -0.25) is 0 Å². The lowest BCUT2D eigenvalue weighted by atomic mass is 10.1. The van der Waals surface area contributed by atoms with Gasteiger partial charge in [0.25, 0.3) is 0 Å². The van der Waals surface area contributed by atoms with Crippen molar-refractivity contribution < 1.29 is 31.4 Å². The van der Waals surface area contributed by atoms with Crippen LogP contribution in [0.3, 0.4) is 0 Å². The second kappa shape index (κ2) is 3.46. The van der Waals surface area contributed by atoms with Crippen molar-refractivity contribution in [2.75, 3.05) is 5.73 Å². The topological polar surface area (TPSA) is 46.2 Å². The highest BCUT2D eigenvalue weighted by Crippen LogP contribution is 2.43. The molecule has 0 aliphatic rings. The van der Waals surface area contributed by atoms with Crippen LogP contribution in [0.4, 0.5) is 32.0 Å². The molecule has 0 aliphatic carbocycles. The molecular weight excluding hydrogens is 240 g/mol. The van der Waals surface area contributed by atoms with E-state index in [0.29, 0.717) is 0 Å². The minimum atomic E-state index is -5.05. The number of benzene rings is 1. The molecule has 3 N–H and O–H groups in total. The molecule has 16 heavy (non-hydrogen) atoms. The van der Waals surface area contributed by atoms with Crippen LogP contribution in [0.15, 0.2) is 12.1 Å². The number of phenolic OH excluding ortho intramolecular Hbond substituents is 1. The zero-order valence-corrected chi connectivity index (χ0v) is 7.45. The molecule has 0 bridgehead atoms. The van der Waals surface area contributed by atoms with E-state index in [-0.39, 0.29) is 12.1 Å². The number of aromatic hydroxyl groups is 1. The molecule has 0 amide bonds. The van der Waals surface area contributed by atoms with Crippen LogP contribution in [0.2, 0.25) is 0 Å². The van der Waals surface area contributed by atoms with E-state index in [1.165, 1.54) is 0 Å². The third-order valence-corrected chi connectivity index (χ3v) is 1.78. The molecule has 0 saturated heterocycles.